The highest BCUT2D eigenvalue weighted by molar-refractivity contribution is 14.1. The van der Waals surface area contributed by atoms with Crippen LogP contribution in [-0.2, 0) is 4.74 Å². The number of aromatic nitrogens is 1. The molecule has 0 N–H and O–H groups in total. The van der Waals surface area contributed by atoms with Crippen LogP contribution in [0.5, 0.6) is 0 Å². The zero-order chi connectivity index (χ0) is 17.2. The summed E-state index contributed by atoms with van der Waals surface area (Å²) in [7, 11) is 1.71. The maximum Gasteiger partial charge on any atom is 0.418 e. The number of hydrogen-bond donors (Lipinski definition) is 0. The smallest absolute Gasteiger partial charge is 0.418 e. The van der Waals surface area contributed by atoms with Gasteiger partial charge in [-0.25, -0.2) is 4.79 Å². The highest BCUT2D eigenvalue weighted by atomic mass is 127. The van der Waals surface area contributed by atoms with Gasteiger partial charge in [-0.3, -0.25) is 9.36 Å². The molecule has 0 aliphatic carbocycles. The lowest BCUT2D eigenvalue weighted by Gasteiger charge is -2.19. The molecule has 1 heterocycles. The van der Waals surface area contributed by atoms with E-state index in [-0.39, 0.29) is 5.91 Å². The molecular formula is C17H19IN2O3. The number of carbonyl (C=O) groups is 2. The van der Waals surface area contributed by atoms with Crippen LogP contribution in [0.4, 0.5) is 10.5 Å². The number of para-hydroxylation sites is 1. The summed E-state index contributed by atoms with van der Waals surface area (Å²) in [6.07, 6.45) is 2.52. The van der Waals surface area contributed by atoms with Gasteiger partial charge in [-0.15, -0.1) is 0 Å². The minimum absolute atomic E-state index is 0.184. The Balaban J connectivity index is 2.18. The molecule has 23 heavy (non-hydrogen) atoms. The lowest BCUT2D eigenvalue weighted by molar-refractivity contribution is 0.0537. The van der Waals surface area contributed by atoms with Crippen molar-refractivity contribution < 1.29 is 14.3 Å². The monoisotopic (exact) mass is 426 g/mol. The van der Waals surface area contributed by atoms with Crippen LogP contribution in [0, 0.1) is 3.57 Å². The van der Waals surface area contributed by atoms with Crippen LogP contribution in [0.2, 0.25) is 0 Å². The molecule has 0 bridgehead atoms. The van der Waals surface area contributed by atoms with E-state index in [0.717, 1.165) is 9.26 Å². The van der Waals surface area contributed by atoms with E-state index in [4.69, 9.17) is 4.74 Å². The average molecular weight is 426 g/mol. The Morgan fingerprint density at radius 2 is 1.83 bits per heavy atom. The lowest BCUT2D eigenvalue weighted by atomic mass is 10.2. The van der Waals surface area contributed by atoms with Gasteiger partial charge in [0, 0.05) is 23.0 Å². The molecule has 0 saturated heterocycles. The second-order valence-electron chi connectivity index (χ2n) is 6.10. The summed E-state index contributed by atoms with van der Waals surface area (Å²) in [4.78, 5) is 26.1. The first-order valence-electron chi connectivity index (χ1n) is 7.13. The second kappa shape index (κ2) is 6.74. The van der Waals surface area contributed by atoms with Crippen molar-refractivity contribution in [1.82, 2.24) is 4.57 Å². The molecule has 0 aliphatic rings. The molecule has 2 rings (SSSR count). The first kappa shape index (κ1) is 17.5. The largest absolute Gasteiger partial charge is 0.443 e. The Morgan fingerprint density at radius 1 is 1.17 bits per heavy atom. The van der Waals surface area contributed by atoms with E-state index in [2.05, 4.69) is 22.6 Å². The van der Waals surface area contributed by atoms with Crippen LogP contribution < -0.4 is 4.90 Å². The Hall–Kier alpha value is -1.83. The summed E-state index contributed by atoms with van der Waals surface area (Å²) in [5.74, 6) is -0.184. The SMILES string of the molecule is CN(C(=O)c1ccn(C(=O)OC(C)(C)C)c1)c1ccccc1I. The maximum atomic E-state index is 12.6. The molecule has 6 heteroatoms. The lowest BCUT2D eigenvalue weighted by Crippen LogP contribution is -2.27. The van der Waals surface area contributed by atoms with E-state index < -0.39 is 11.7 Å². The summed E-state index contributed by atoms with van der Waals surface area (Å²) < 4.78 is 7.54. The Bertz CT molecular complexity index is 731. The van der Waals surface area contributed by atoms with Crippen molar-refractivity contribution >= 4 is 40.3 Å². The third-order valence-electron chi connectivity index (χ3n) is 3.06. The maximum absolute atomic E-state index is 12.6. The molecule has 1 amide bonds. The quantitative estimate of drug-likeness (QED) is 0.678. The van der Waals surface area contributed by atoms with E-state index in [9.17, 15) is 9.59 Å². The van der Waals surface area contributed by atoms with Gasteiger partial charge in [0.15, 0.2) is 0 Å². The molecule has 1 aromatic carbocycles. The number of carbonyl (C=O) groups excluding carboxylic acids is 2. The molecule has 0 aliphatic heterocycles. The molecule has 0 spiro atoms. The van der Waals surface area contributed by atoms with E-state index in [1.54, 1.807) is 38.8 Å². The van der Waals surface area contributed by atoms with Gasteiger partial charge in [-0.05, 0) is 61.6 Å². The molecule has 122 valence electrons. The highest BCUT2D eigenvalue weighted by Gasteiger charge is 2.20. The topological polar surface area (TPSA) is 51.5 Å². The van der Waals surface area contributed by atoms with E-state index in [1.807, 2.05) is 24.3 Å². The Kier molecular flexibility index (Phi) is 5.13. The standard InChI is InChI=1S/C17H19IN2O3/c1-17(2,3)23-16(22)20-10-9-12(11-20)15(21)19(4)14-8-6-5-7-13(14)18/h5-11H,1-4H3. The van der Waals surface area contributed by atoms with Gasteiger partial charge in [-0.2, -0.15) is 0 Å². The third kappa shape index (κ3) is 4.34. The normalized spacial score (nSPS) is 11.2. The molecule has 2 aromatic rings. The van der Waals surface area contributed by atoms with Gasteiger partial charge < -0.3 is 9.64 Å². The predicted octanol–water partition coefficient (Wildman–Crippen LogP) is 4.15. The summed E-state index contributed by atoms with van der Waals surface area (Å²) in [5.41, 5.74) is 0.670. The number of hydrogen-bond acceptors (Lipinski definition) is 3. The van der Waals surface area contributed by atoms with E-state index in [1.165, 1.54) is 17.0 Å². The number of anilines is 1. The van der Waals surface area contributed by atoms with E-state index in [0.29, 0.717) is 5.56 Å². The number of ether oxygens (including phenoxy) is 1. The van der Waals surface area contributed by atoms with Crippen molar-refractivity contribution in [3.05, 3.63) is 51.9 Å². The summed E-state index contributed by atoms with van der Waals surface area (Å²) in [6.45, 7) is 5.39. The van der Waals surface area contributed by atoms with Crippen LogP contribution in [0.1, 0.15) is 31.1 Å². The van der Waals surface area contributed by atoms with Gasteiger partial charge in [0.1, 0.15) is 5.60 Å². The van der Waals surface area contributed by atoms with Gasteiger partial charge in [0.05, 0.1) is 11.3 Å². The van der Waals surface area contributed by atoms with Gasteiger partial charge >= 0.3 is 6.09 Å². The van der Waals surface area contributed by atoms with Crippen molar-refractivity contribution in [2.75, 3.05) is 11.9 Å². The fourth-order valence-corrected chi connectivity index (χ4v) is 2.73. The molecular weight excluding hydrogens is 407 g/mol. The van der Waals surface area contributed by atoms with Crippen molar-refractivity contribution in [1.29, 1.82) is 0 Å². The molecule has 0 radical (unpaired) electrons. The fourth-order valence-electron chi connectivity index (χ4n) is 1.98. The molecule has 0 unspecified atom stereocenters. The molecule has 0 fully saturated rings. The number of halogens is 1. The first-order valence-corrected chi connectivity index (χ1v) is 8.21. The molecule has 0 saturated carbocycles. The fraction of sp³-hybridized carbons (Fsp3) is 0.294. The average Bonchev–Trinajstić information content (AvgIpc) is 2.94. The van der Waals surface area contributed by atoms with Gasteiger partial charge in [0.2, 0.25) is 0 Å². The Morgan fingerprint density at radius 3 is 2.43 bits per heavy atom. The van der Waals surface area contributed by atoms with Crippen molar-refractivity contribution in [2.24, 2.45) is 0 Å². The molecule has 0 atom stereocenters. The number of amides is 1. The minimum Gasteiger partial charge on any atom is -0.443 e. The van der Waals surface area contributed by atoms with Gasteiger partial charge in [-0.1, -0.05) is 12.1 Å². The van der Waals surface area contributed by atoms with Crippen LogP contribution >= 0.6 is 22.6 Å². The van der Waals surface area contributed by atoms with Crippen LogP contribution in [0.3, 0.4) is 0 Å². The number of nitrogens with zero attached hydrogens (tertiary/aromatic N) is 2. The van der Waals surface area contributed by atoms with Crippen LogP contribution in [-0.4, -0.2) is 29.2 Å². The second-order valence-corrected chi connectivity index (χ2v) is 7.27. The van der Waals surface area contributed by atoms with E-state index >= 15 is 0 Å². The zero-order valence-corrected chi connectivity index (χ0v) is 15.7. The highest BCUT2D eigenvalue weighted by Crippen LogP contribution is 2.22. The van der Waals surface area contributed by atoms with Crippen LogP contribution in [0.15, 0.2) is 42.7 Å². The predicted molar refractivity (Wildman–Crippen MR) is 98.0 cm³/mol. The van der Waals surface area contributed by atoms with Crippen molar-refractivity contribution in [3.8, 4) is 0 Å². The summed E-state index contributed by atoms with van der Waals surface area (Å²) >= 11 is 2.19. The Labute approximate surface area is 149 Å². The zero-order valence-electron chi connectivity index (χ0n) is 13.5. The molecule has 5 nitrogen and oxygen atoms in total. The van der Waals surface area contributed by atoms with Crippen molar-refractivity contribution in [3.63, 3.8) is 0 Å². The first-order chi connectivity index (χ1) is 10.7. The third-order valence-corrected chi connectivity index (χ3v) is 3.97. The minimum atomic E-state index is -0.581. The number of rotatable bonds is 2. The summed E-state index contributed by atoms with van der Waals surface area (Å²) in [5, 5.41) is 0. The summed E-state index contributed by atoms with van der Waals surface area (Å²) in [6, 6.07) is 9.23. The van der Waals surface area contributed by atoms with Crippen molar-refractivity contribution in [2.45, 2.75) is 26.4 Å². The van der Waals surface area contributed by atoms with Crippen LogP contribution in [0.25, 0.3) is 0 Å². The van der Waals surface area contributed by atoms with Gasteiger partial charge in [0.25, 0.3) is 5.91 Å². The number of benzene rings is 1. The molecule has 1 aromatic heterocycles.